The third-order valence-electron chi connectivity index (χ3n) is 4.15. The van der Waals surface area contributed by atoms with E-state index in [1.54, 1.807) is 29.2 Å². The smallest absolute Gasteiger partial charge is 0.374 e. The molecule has 0 bridgehead atoms. The summed E-state index contributed by atoms with van der Waals surface area (Å²) in [4.78, 5) is 16.4. The SMILES string of the molecule is O=C(OCc1ccc(OCc2ccccn2)cc1)c1ccc(Cn2cccn2)o1. The van der Waals surface area contributed by atoms with Crippen molar-refractivity contribution < 1.29 is 18.7 Å². The Morgan fingerprint density at radius 2 is 1.86 bits per heavy atom. The normalized spacial score (nSPS) is 10.6. The number of ether oxygens (including phenoxy) is 2. The van der Waals surface area contributed by atoms with Crippen molar-refractivity contribution in [2.45, 2.75) is 19.8 Å². The molecule has 0 fully saturated rings. The van der Waals surface area contributed by atoms with E-state index < -0.39 is 5.97 Å². The van der Waals surface area contributed by atoms with E-state index in [0.29, 0.717) is 18.9 Å². The fourth-order valence-electron chi connectivity index (χ4n) is 2.67. The molecule has 0 saturated carbocycles. The van der Waals surface area contributed by atoms with Gasteiger partial charge in [0.05, 0.1) is 12.2 Å². The molecule has 146 valence electrons. The maximum atomic E-state index is 12.2. The van der Waals surface area contributed by atoms with Crippen LogP contribution in [0, 0.1) is 0 Å². The molecule has 7 nitrogen and oxygen atoms in total. The van der Waals surface area contributed by atoms with Crippen molar-refractivity contribution in [3.05, 3.63) is 102 Å². The summed E-state index contributed by atoms with van der Waals surface area (Å²) < 4.78 is 18.3. The van der Waals surface area contributed by atoms with Gasteiger partial charge in [-0.15, -0.1) is 0 Å². The Hall–Kier alpha value is -3.87. The number of carbonyl (C=O) groups is 1. The molecule has 3 heterocycles. The molecule has 0 aliphatic heterocycles. The van der Waals surface area contributed by atoms with E-state index in [-0.39, 0.29) is 12.4 Å². The van der Waals surface area contributed by atoms with Crippen LogP contribution in [0.5, 0.6) is 5.75 Å². The van der Waals surface area contributed by atoms with E-state index in [2.05, 4.69) is 10.1 Å². The Kier molecular flexibility index (Phi) is 5.66. The number of nitrogens with zero attached hydrogens (tertiary/aromatic N) is 3. The highest BCUT2D eigenvalue weighted by atomic mass is 16.5. The lowest BCUT2D eigenvalue weighted by Gasteiger charge is -2.07. The van der Waals surface area contributed by atoms with Gasteiger partial charge in [0.1, 0.15) is 24.7 Å². The van der Waals surface area contributed by atoms with Gasteiger partial charge in [-0.3, -0.25) is 9.67 Å². The summed E-state index contributed by atoms with van der Waals surface area (Å²) in [5.41, 5.74) is 1.71. The Balaban J connectivity index is 1.26. The van der Waals surface area contributed by atoms with Crippen molar-refractivity contribution in [2.75, 3.05) is 0 Å². The second kappa shape index (κ2) is 8.88. The van der Waals surface area contributed by atoms with Gasteiger partial charge in [0.25, 0.3) is 0 Å². The van der Waals surface area contributed by atoms with E-state index in [1.807, 2.05) is 54.7 Å². The van der Waals surface area contributed by atoms with Crippen molar-refractivity contribution in [1.29, 1.82) is 0 Å². The van der Waals surface area contributed by atoms with Gasteiger partial charge in [-0.05, 0) is 48.0 Å². The van der Waals surface area contributed by atoms with Gasteiger partial charge in [-0.1, -0.05) is 18.2 Å². The Labute approximate surface area is 167 Å². The molecular weight excluding hydrogens is 370 g/mol. The molecule has 0 aliphatic rings. The maximum Gasteiger partial charge on any atom is 0.374 e. The highest BCUT2D eigenvalue weighted by molar-refractivity contribution is 5.86. The highest BCUT2D eigenvalue weighted by Gasteiger charge is 2.13. The summed E-state index contributed by atoms with van der Waals surface area (Å²) in [6.45, 7) is 1.00. The third-order valence-corrected chi connectivity index (χ3v) is 4.15. The molecule has 0 amide bonds. The van der Waals surface area contributed by atoms with Crippen LogP contribution >= 0.6 is 0 Å². The monoisotopic (exact) mass is 389 g/mol. The van der Waals surface area contributed by atoms with Gasteiger partial charge in [0.15, 0.2) is 0 Å². The number of hydrogen-bond acceptors (Lipinski definition) is 6. The van der Waals surface area contributed by atoms with Crippen molar-refractivity contribution in [3.8, 4) is 5.75 Å². The van der Waals surface area contributed by atoms with Crippen molar-refractivity contribution in [1.82, 2.24) is 14.8 Å². The fourth-order valence-corrected chi connectivity index (χ4v) is 2.67. The molecule has 0 N–H and O–H groups in total. The number of benzene rings is 1. The standard InChI is InChI=1S/C22H19N3O4/c26-22(21-10-9-20(29-21)14-25-13-3-12-24-25)28-15-17-5-7-19(8-6-17)27-16-18-4-1-2-11-23-18/h1-13H,14-16H2. The summed E-state index contributed by atoms with van der Waals surface area (Å²) in [7, 11) is 0. The molecule has 7 heteroatoms. The summed E-state index contributed by atoms with van der Waals surface area (Å²) >= 11 is 0. The minimum Gasteiger partial charge on any atom is -0.487 e. The maximum absolute atomic E-state index is 12.2. The van der Waals surface area contributed by atoms with Crippen LogP contribution in [0.15, 0.2) is 83.7 Å². The minimum atomic E-state index is -0.507. The molecule has 0 aliphatic carbocycles. The Bertz CT molecular complexity index is 1040. The highest BCUT2D eigenvalue weighted by Crippen LogP contribution is 2.16. The first-order valence-corrected chi connectivity index (χ1v) is 9.11. The lowest BCUT2D eigenvalue weighted by molar-refractivity contribution is 0.0434. The predicted octanol–water partition coefficient (Wildman–Crippen LogP) is 3.86. The zero-order valence-electron chi connectivity index (χ0n) is 15.6. The summed E-state index contributed by atoms with van der Waals surface area (Å²) in [5, 5.41) is 4.11. The second-order valence-corrected chi connectivity index (χ2v) is 6.30. The second-order valence-electron chi connectivity index (χ2n) is 6.30. The van der Waals surface area contributed by atoms with Gasteiger partial charge in [-0.25, -0.2) is 4.79 Å². The lowest BCUT2D eigenvalue weighted by Crippen LogP contribution is -2.04. The van der Waals surface area contributed by atoms with Gasteiger partial charge in [0, 0.05) is 18.6 Å². The van der Waals surface area contributed by atoms with E-state index in [9.17, 15) is 4.79 Å². The zero-order valence-corrected chi connectivity index (χ0v) is 15.6. The molecular formula is C22H19N3O4. The quantitative estimate of drug-likeness (QED) is 0.426. The van der Waals surface area contributed by atoms with Crippen molar-refractivity contribution in [2.24, 2.45) is 0 Å². The van der Waals surface area contributed by atoms with Crippen LogP contribution in [0.1, 0.15) is 27.6 Å². The first-order valence-electron chi connectivity index (χ1n) is 9.11. The number of rotatable bonds is 8. The summed E-state index contributed by atoms with van der Waals surface area (Å²) in [6, 6.07) is 18.2. The van der Waals surface area contributed by atoms with Crippen LogP contribution in [0.25, 0.3) is 0 Å². The van der Waals surface area contributed by atoms with Crippen molar-refractivity contribution >= 4 is 5.97 Å². The molecule has 0 unspecified atom stereocenters. The number of pyridine rings is 1. The minimum absolute atomic E-state index is 0.147. The van der Waals surface area contributed by atoms with Crippen LogP contribution in [0.2, 0.25) is 0 Å². The molecule has 0 radical (unpaired) electrons. The van der Waals surface area contributed by atoms with E-state index in [0.717, 1.165) is 17.0 Å². The largest absolute Gasteiger partial charge is 0.487 e. The molecule has 0 atom stereocenters. The molecule has 4 rings (SSSR count). The molecule has 0 spiro atoms. The van der Waals surface area contributed by atoms with Gasteiger partial charge in [0.2, 0.25) is 5.76 Å². The van der Waals surface area contributed by atoms with E-state index in [1.165, 1.54) is 0 Å². The van der Waals surface area contributed by atoms with Crippen LogP contribution in [0.4, 0.5) is 0 Å². The first-order chi connectivity index (χ1) is 14.3. The lowest BCUT2D eigenvalue weighted by atomic mass is 10.2. The number of esters is 1. The molecule has 29 heavy (non-hydrogen) atoms. The topological polar surface area (TPSA) is 79.4 Å². The average molecular weight is 389 g/mol. The number of furan rings is 1. The Morgan fingerprint density at radius 1 is 0.966 bits per heavy atom. The van der Waals surface area contributed by atoms with Crippen LogP contribution in [0.3, 0.4) is 0 Å². The van der Waals surface area contributed by atoms with Crippen LogP contribution < -0.4 is 4.74 Å². The van der Waals surface area contributed by atoms with E-state index in [4.69, 9.17) is 13.9 Å². The van der Waals surface area contributed by atoms with E-state index >= 15 is 0 Å². The molecule has 0 saturated heterocycles. The van der Waals surface area contributed by atoms with Gasteiger partial charge < -0.3 is 13.9 Å². The number of hydrogen-bond donors (Lipinski definition) is 0. The molecule has 3 aromatic heterocycles. The number of carbonyl (C=O) groups excluding carboxylic acids is 1. The third kappa shape index (κ3) is 5.10. The first kappa shape index (κ1) is 18.5. The predicted molar refractivity (Wildman–Crippen MR) is 104 cm³/mol. The van der Waals surface area contributed by atoms with Crippen LogP contribution in [-0.2, 0) is 24.5 Å². The molecule has 1 aromatic carbocycles. The van der Waals surface area contributed by atoms with Crippen molar-refractivity contribution in [3.63, 3.8) is 0 Å². The zero-order chi connectivity index (χ0) is 19.9. The van der Waals surface area contributed by atoms with Crippen LogP contribution in [-0.4, -0.2) is 20.7 Å². The van der Waals surface area contributed by atoms with Gasteiger partial charge in [-0.2, -0.15) is 5.10 Å². The summed E-state index contributed by atoms with van der Waals surface area (Å²) in [5.74, 6) is 1.02. The Morgan fingerprint density at radius 3 is 2.62 bits per heavy atom. The fraction of sp³-hybridized carbons (Fsp3) is 0.136. The average Bonchev–Trinajstić information content (AvgIpc) is 3.45. The molecule has 4 aromatic rings. The van der Waals surface area contributed by atoms with Gasteiger partial charge >= 0.3 is 5.97 Å². The number of aromatic nitrogens is 3. The summed E-state index contributed by atoms with van der Waals surface area (Å²) in [6.07, 6.45) is 5.24.